The van der Waals surface area contributed by atoms with E-state index in [4.69, 9.17) is 10.5 Å². The van der Waals surface area contributed by atoms with Crippen LogP contribution in [-0.2, 0) is 16.1 Å². The van der Waals surface area contributed by atoms with Gasteiger partial charge in [0, 0.05) is 19.6 Å². The topological polar surface area (TPSA) is 55.6 Å². The number of hydrogen-bond acceptors (Lipinski definition) is 3. The van der Waals surface area contributed by atoms with Gasteiger partial charge in [-0.3, -0.25) is 4.79 Å². The number of nitrogens with zero attached hydrogens (tertiary/aromatic N) is 1. The normalized spacial score (nSPS) is 20.5. The van der Waals surface area contributed by atoms with Gasteiger partial charge in [-0.2, -0.15) is 0 Å². The average molecular weight is 331 g/mol. The molecule has 0 bridgehead atoms. The third kappa shape index (κ3) is 4.93. The molecule has 1 aromatic rings. The Labute approximate surface area is 137 Å². The van der Waals surface area contributed by atoms with E-state index in [1.165, 1.54) is 12.1 Å². The van der Waals surface area contributed by atoms with Crippen LogP contribution in [0.1, 0.15) is 31.7 Å². The lowest BCUT2D eigenvalue weighted by atomic mass is 10.1. The van der Waals surface area contributed by atoms with E-state index in [1.54, 1.807) is 17.0 Å². The number of benzene rings is 1. The summed E-state index contributed by atoms with van der Waals surface area (Å²) in [7, 11) is 0. The molecular formula is C16H24ClFN2O2. The van der Waals surface area contributed by atoms with Crippen molar-refractivity contribution in [3.8, 4) is 0 Å². The quantitative estimate of drug-likeness (QED) is 0.872. The van der Waals surface area contributed by atoms with Crippen molar-refractivity contribution in [2.75, 3.05) is 13.1 Å². The van der Waals surface area contributed by atoms with Crippen LogP contribution in [0.25, 0.3) is 0 Å². The summed E-state index contributed by atoms with van der Waals surface area (Å²) in [5.74, 6) is -0.255. The monoisotopic (exact) mass is 330 g/mol. The second-order valence-corrected chi connectivity index (χ2v) is 5.45. The van der Waals surface area contributed by atoms with Gasteiger partial charge in [0.05, 0.1) is 6.10 Å². The van der Waals surface area contributed by atoms with Gasteiger partial charge in [0.1, 0.15) is 11.9 Å². The van der Waals surface area contributed by atoms with Crippen LogP contribution in [0.2, 0.25) is 0 Å². The standard InChI is InChI=1S/C16H23FN2O2.ClH/c1-2-9-19(11-12-3-5-13(17)6-4-12)16(20)15-8-7-14(10-18)21-15;/h3-6,14-15H,2,7-11,18H2,1H3;1H/t14-,15+;/m1./s1. The number of hydrogen-bond donors (Lipinski definition) is 1. The van der Waals surface area contributed by atoms with Crippen LogP contribution in [-0.4, -0.2) is 36.1 Å². The molecule has 0 spiro atoms. The minimum Gasteiger partial charge on any atom is -0.364 e. The molecule has 1 heterocycles. The molecule has 1 aromatic carbocycles. The van der Waals surface area contributed by atoms with Gasteiger partial charge >= 0.3 is 0 Å². The predicted molar refractivity (Wildman–Crippen MR) is 86.3 cm³/mol. The molecule has 1 aliphatic heterocycles. The molecule has 1 saturated heterocycles. The molecule has 22 heavy (non-hydrogen) atoms. The Bertz CT molecular complexity index is 470. The zero-order valence-corrected chi connectivity index (χ0v) is 13.7. The van der Waals surface area contributed by atoms with Crippen molar-refractivity contribution < 1.29 is 13.9 Å². The highest BCUT2D eigenvalue weighted by Crippen LogP contribution is 2.21. The largest absolute Gasteiger partial charge is 0.364 e. The van der Waals surface area contributed by atoms with E-state index >= 15 is 0 Å². The van der Waals surface area contributed by atoms with Crippen LogP contribution in [0.4, 0.5) is 4.39 Å². The van der Waals surface area contributed by atoms with E-state index in [-0.39, 0.29) is 36.3 Å². The van der Waals surface area contributed by atoms with Crippen molar-refractivity contribution in [2.45, 2.75) is 44.9 Å². The van der Waals surface area contributed by atoms with E-state index in [0.717, 1.165) is 24.8 Å². The molecule has 0 aliphatic carbocycles. The summed E-state index contributed by atoms with van der Waals surface area (Å²) in [6, 6.07) is 6.26. The van der Waals surface area contributed by atoms with Crippen LogP contribution in [0, 0.1) is 5.82 Å². The van der Waals surface area contributed by atoms with Crippen molar-refractivity contribution in [1.29, 1.82) is 0 Å². The van der Waals surface area contributed by atoms with Gasteiger partial charge < -0.3 is 15.4 Å². The number of nitrogens with two attached hydrogens (primary N) is 1. The maximum absolute atomic E-state index is 12.9. The number of carbonyl (C=O) groups is 1. The van der Waals surface area contributed by atoms with Gasteiger partial charge in [0.15, 0.2) is 0 Å². The van der Waals surface area contributed by atoms with E-state index < -0.39 is 0 Å². The Hall–Kier alpha value is -1.17. The fourth-order valence-electron chi connectivity index (χ4n) is 2.61. The fourth-order valence-corrected chi connectivity index (χ4v) is 2.61. The van der Waals surface area contributed by atoms with Crippen LogP contribution in [0.3, 0.4) is 0 Å². The first-order valence-corrected chi connectivity index (χ1v) is 7.52. The second-order valence-electron chi connectivity index (χ2n) is 5.45. The Morgan fingerprint density at radius 1 is 1.36 bits per heavy atom. The molecule has 4 nitrogen and oxygen atoms in total. The predicted octanol–water partition coefficient (Wildman–Crippen LogP) is 2.49. The lowest BCUT2D eigenvalue weighted by Gasteiger charge is -2.25. The lowest BCUT2D eigenvalue weighted by Crippen LogP contribution is -2.39. The molecular weight excluding hydrogens is 307 g/mol. The molecule has 2 rings (SSSR count). The first-order valence-electron chi connectivity index (χ1n) is 7.52. The Morgan fingerprint density at radius 2 is 2.05 bits per heavy atom. The Balaban J connectivity index is 0.00000242. The van der Waals surface area contributed by atoms with E-state index in [1.807, 2.05) is 6.92 Å². The van der Waals surface area contributed by atoms with Gasteiger partial charge in [-0.1, -0.05) is 19.1 Å². The van der Waals surface area contributed by atoms with Crippen molar-refractivity contribution in [3.05, 3.63) is 35.6 Å². The third-order valence-corrected chi connectivity index (χ3v) is 3.74. The summed E-state index contributed by atoms with van der Waals surface area (Å²) in [6.45, 7) is 3.64. The third-order valence-electron chi connectivity index (χ3n) is 3.74. The van der Waals surface area contributed by atoms with Gasteiger partial charge in [-0.15, -0.1) is 12.4 Å². The minimum atomic E-state index is -0.384. The molecule has 6 heteroatoms. The first kappa shape index (κ1) is 18.9. The van der Waals surface area contributed by atoms with Crippen molar-refractivity contribution in [3.63, 3.8) is 0 Å². The van der Waals surface area contributed by atoms with Crippen LogP contribution >= 0.6 is 12.4 Å². The van der Waals surface area contributed by atoms with Crippen LogP contribution in [0.15, 0.2) is 24.3 Å². The fraction of sp³-hybridized carbons (Fsp3) is 0.562. The second kappa shape index (κ2) is 9.08. The van der Waals surface area contributed by atoms with Crippen LogP contribution < -0.4 is 5.73 Å². The summed E-state index contributed by atoms with van der Waals surface area (Å²) in [5, 5.41) is 0. The van der Waals surface area contributed by atoms with Gasteiger partial charge in [-0.05, 0) is 37.0 Å². The molecule has 0 radical (unpaired) electrons. The molecule has 1 fully saturated rings. The number of ether oxygens (including phenoxy) is 1. The summed E-state index contributed by atoms with van der Waals surface area (Å²) < 4.78 is 18.6. The summed E-state index contributed by atoms with van der Waals surface area (Å²) in [5.41, 5.74) is 6.51. The summed E-state index contributed by atoms with van der Waals surface area (Å²) in [6.07, 6.45) is 2.05. The molecule has 124 valence electrons. The zero-order valence-electron chi connectivity index (χ0n) is 12.8. The highest BCUT2D eigenvalue weighted by atomic mass is 35.5. The van der Waals surface area contributed by atoms with E-state index in [9.17, 15) is 9.18 Å². The van der Waals surface area contributed by atoms with Crippen molar-refractivity contribution >= 4 is 18.3 Å². The maximum atomic E-state index is 12.9. The summed E-state index contributed by atoms with van der Waals surface area (Å²) >= 11 is 0. The number of carbonyl (C=O) groups excluding carboxylic acids is 1. The zero-order chi connectivity index (χ0) is 15.2. The smallest absolute Gasteiger partial charge is 0.252 e. The molecule has 0 unspecified atom stereocenters. The van der Waals surface area contributed by atoms with Gasteiger partial charge in [-0.25, -0.2) is 4.39 Å². The minimum absolute atomic E-state index is 0. The van der Waals surface area contributed by atoms with Crippen molar-refractivity contribution in [1.82, 2.24) is 4.90 Å². The number of rotatable bonds is 6. The Kier molecular flexibility index (Phi) is 7.79. The number of halogens is 2. The molecule has 1 aliphatic rings. The molecule has 0 saturated carbocycles. The maximum Gasteiger partial charge on any atom is 0.252 e. The van der Waals surface area contributed by atoms with E-state index in [2.05, 4.69) is 0 Å². The lowest BCUT2D eigenvalue weighted by molar-refractivity contribution is -0.143. The summed E-state index contributed by atoms with van der Waals surface area (Å²) in [4.78, 5) is 14.3. The highest BCUT2D eigenvalue weighted by Gasteiger charge is 2.32. The highest BCUT2D eigenvalue weighted by molar-refractivity contribution is 5.85. The molecule has 2 atom stereocenters. The van der Waals surface area contributed by atoms with Gasteiger partial charge in [0.2, 0.25) is 0 Å². The molecule has 2 N–H and O–H groups in total. The Morgan fingerprint density at radius 3 is 2.59 bits per heavy atom. The molecule has 1 amide bonds. The SMILES string of the molecule is CCCN(Cc1ccc(F)cc1)C(=O)[C@@H]1CC[C@H](CN)O1.Cl. The number of amides is 1. The first-order chi connectivity index (χ1) is 10.1. The van der Waals surface area contributed by atoms with Gasteiger partial charge in [0.25, 0.3) is 5.91 Å². The van der Waals surface area contributed by atoms with Crippen molar-refractivity contribution in [2.24, 2.45) is 5.73 Å². The van der Waals surface area contributed by atoms with E-state index in [0.29, 0.717) is 19.6 Å². The average Bonchev–Trinajstić information content (AvgIpc) is 2.97. The molecule has 0 aromatic heterocycles. The van der Waals surface area contributed by atoms with Crippen LogP contribution in [0.5, 0.6) is 0 Å².